The summed E-state index contributed by atoms with van der Waals surface area (Å²) in [6.07, 6.45) is 1.23. The van der Waals surface area contributed by atoms with Crippen molar-refractivity contribution in [1.29, 1.82) is 0 Å². The van der Waals surface area contributed by atoms with Crippen LogP contribution in [0.25, 0.3) is 0 Å². The molecule has 2 fully saturated rings. The van der Waals surface area contributed by atoms with Crippen LogP contribution in [0, 0.1) is 5.41 Å². The van der Waals surface area contributed by atoms with Gasteiger partial charge in [0.25, 0.3) is 0 Å². The van der Waals surface area contributed by atoms with E-state index in [-0.39, 0.29) is 18.3 Å². The Labute approximate surface area is 79.1 Å². The molecule has 1 nitrogen and oxygen atoms in total. The molecule has 1 aliphatic heterocycles. The molecule has 1 aliphatic carbocycles. The van der Waals surface area contributed by atoms with Gasteiger partial charge >= 0.3 is 0 Å². The van der Waals surface area contributed by atoms with Gasteiger partial charge < -0.3 is 4.90 Å². The second-order valence-corrected chi connectivity index (χ2v) is 4.20. The zero-order chi connectivity index (χ0) is 10.1. The Bertz CT molecular complexity index is 172. The summed E-state index contributed by atoms with van der Waals surface area (Å²) in [5, 5.41) is 0. The van der Waals surface area contributed by atoms with E-state index in [0.29, 0.717) is 0 Å². The number of hydrogen-bond acceptors (Lipinski definition) is 1. The standard InChI is InChI=1S/C8H13F2N.C2H6/c1-11-3-2-7(6-11)4-8(9,10)5-7;1-2/h2-6H2,1H3;1-2H3. The van der Waals surface area contributed by atoms with Gasteiger partial charge in [0.2, 0.25) is 5.92 Å². The Morgan fingerprint density at radius 2 is 1.69 bits per heavy atom. The summed E-state index contributed by atoms with van der Waals surface area (Å²) >= 11 is 0. The summed E-state index contributed by atoms with van der Waals surface area (Å²) in [6.45, 7) is 5.87. The predicted molar refractivity (Wildman–Crippen MR) is 50.1 cm³/mol. The molecule has 1 heterocycles. The minimum atomic E-state index is -2.34. The second kappa shape index (κ2) is 3.52. The quantitative estimate of drug-likeness (QED) is 0.569. The first-order chi connectivity index (χ1) is 6.02. The van der Waals surface area contributed by atoms with E-state index in [1.165, 1.54) is 0 Å². The molecule has 1 spiro atoms. The van der Waals surface area contributed by atoms with Crippen LogP contribution in [0.3, 0.4) is 0 Å². The topological polar surface area (TPSA) is 3.24 Å². The van der Waals surface area contributed by atoms with E-state index in [1.54, 1.807) is 0 Å². The molecule has 0 aromatic heterocycles. The highest BCUT2D eigenvalue weighted by molar-refractivity contribution is 5.03. The molecule has 78 valence electrons. The summed E-state index contributed by atoms with van der Waals surface area (Å²) in [6, 6.07) is 0. The van der Waals surface area contributed by atoms with Gasteiger partial charge in [0.05, 0.1) is 0 Å². The Kier molecular flexibility index (Phi) is 2.95. The molecule has 1 saturated carbocycles. The highest BCUT2D eigenvalue weighted by Gasteiger charge is 2.57. The molecular formula is C10H19F2N. The van der Waals surface area contributed by atoms with Gasteiger partial charge in [-0.15, -0.1) is 0 Å². The average Bonchev–Trinajstić information content (AvgIpc) is 2.34. The fourth-order valence-corrected chi connectivity index (χ4v) is 2.49. The van der Waals surface area contributed by atoms with Gasteiger partial charge in [0.15, 0.2) is 0 Å². The maximum Gasteiger partial charge on any atom is 0.249 e. The molecule has 2 rings (SSSR count). The fraction of sp³-hybridized carbons (Fsp3) is 1.00. The van der Waals surface area contributed by atoms with Crippen molar-refractivity contribution in [3.63, 3.8) is 0 Å². The van der Waals surface area contributed by atoms with Gasteiger partial charge in [-0.25, -0.2) is 8.78 Å². The lowest BCUT2D eigenvalue weighted by Gasteiger charge is -2.44. The molecule has 0 amide bonds. The number of rotatable bonds is 0. The molecule has 0 N–H and O–H groups in total. The summed E-state index contributed by atoms with van der Waals surface area (Å²) in [5.41, 5.74) is -0.00174. The highest BCUT2D eigenvalue weighted by Crippen LogP contribution is 2.56. The van der Waals surface area contributed by atoms with E-state index in [4.69, 9.17) is 0 Å². The van der Waals surface area contributed by atoms with Crippen LogP contribution in [0.15, 0.2) is 0 Å². The van der Waals surface area contributed by atoms with E-state index in [1.807, 2.05) is 20.9 Å². The summed E-state index contributed by atoms with van der Waals surface area (Å²) < 4.78 is 25.1. The van der Waals surface area contributed by atoms with E-state index in [2.05, 4.69) is 4.90 Å². The van der Waals surface area contributed by atoms with Crippen LogP contribution in [-0.4, -0.2) is 31.0 Å². The van der Waals surface area contributed by atoms with Gasteiger partial charge in [0, 0.05) is 19.4 Å². The first kappa shape index (κ1) is 10.9. The van der Waals surface area contributed by atoms with Crippen molar-refractivity contribution >= 4 is 0 Å². The van der Waals surface area contributed by atoms with E-state index >= 15 is 0 Å². The van der Waals surface area contributed by atoms with Crippen molar-refractivity contribution < 1.29 is 8.78 Å². The molecule has 13 heavy (non-hydrogen) atoms. The number of nitrogens with zero attached hydrogens (tertiary/aromatic N) is 1. The number of alkyl halides is 2. The van der Waals surface area contributed by atoms with E-state index < -0.39 is 5.92 Å². The molecule has 0 radical (unpaired) electrons. The molecule has 0 atom stereocenters. The van der Waals surface area contributed by atoms with Crippen LogP contribution < -0.4 is 0 Å². The van der Waals surface area contributed by atoms with Crippen molar-refractivity contribution in [3.05, 3.63) is 0 Å². The van der Waals surface area contributed by atoms with Crippen LogP contribution in [0.5, 0.6) is 0 Å². The predicted octanol–water partition coefficient (Wildman–Crippen LogP) is 2.76. The largest absolute Gasteiger partial charge is 0.306 e. The lowest BCUT2D eigenvalue weighted by molar-refractivity contribution is -0.155. The van der Waals surface area contributed by atoms with Gasteiger partial charge in [-0.3, -0.25) is 0 Å². The van der Waals surface area contributed by atoms with Crippen molar-refractivity contribution in [3.8, 4) is 0 Å². The normalized spacial score (nSPS) is 29.3. The first-order valence-corrected chi connectivity index (χ1v) is 5.08. The summed E-state index contributed by atoms with van der Waals surface area (Å²) in [7, 11) is 2.01. The Balaban J connectivity index is 0.000000396. The molecular weight excluding hydrogens is 172 g/mol. The third-order valence-electron chi connectivity index (χ3n) is 2.90. The van der Waals surface area contributed by atoms with Crippen LogP contribution in [0.4, 0.5) is 8.78 Å². The van der Waals surface area contributed by atoms with Crippen molar-refractivity contribution in [2.75, 3.05) is 20.1 Å². The average molecular weight is 191 g/mol. The first-order valence-electron chi connectivity index (χ1n) is 5.08. The third-order valence-corrected chi connectivity index (χ3v) is 2.90. The van der Waals surface area contributed by atoms with Gasteiger partial charge in [-0.1, -0.05) is 13.8 Å². The maximum atomic E-state index is 12.5. The van der Waals surface area contributed by atoms with Crippen LogP contribution >= 0.6 is 0 Å². The van der Waals surface area contributed by atoms with Crippen LogP contribution in [-0.2, 0) is 0 Å². The van der Waals surface area contributed by atoms with Crippen molar-refractivity contribution in [2.45, 2.75) is 39.0 Å². The zero-order valence-electron chi connectivity index (χ0n) is 8.74. The lowest BCUT2D eigenvalue weighted by Crippen LogP contribution is -2.47. The second-order valence-electron chi connectivity index (χ2n) is 4.20. The van der Waals surface area contributed by atoms with Gasteiger partial charge in [-0.05, 0) is 25.4 Å². The number of halogens is 2. The zero-order valence-corrected chi connectivity index (χ0v) is 8.74. The molecule has 2 aliphatic rings. The van der Waals surface area contributed by atoms with Crippen LogP contribution in [0.1, 0.15) is 33.1 Å². The molecule has 0 aromatic rings. The van der Waals surface area contributed by atoms with Crippen molar-refractivity contribution in [1.82, 2.24) is 4.90 Å². The number of hydrogen-bond donors (Lipinski definition) is 0. The summed E-state index contributed by atoms with van der Waals surface area (Å²) in [5.74, 6) is -2.34. The Morgan fingerprint density at radius 1 is 1.15 bits per heavy atom. The Morgan fingerprint density at radius 3 is 2.00 bits per heavy atom. The van der Waals surface area contributed by atoms with Gasteiger partial charge in [-0.2, -0.15) is 0 Å². The van der Waals surface area contributed by atoms with Crippen molar-refractivity contribution in [2.24, 2.45) is 5.41 Å². The van der Waals surface area contributed by atoms with Gasteiger partial charge in [0.1, 0.15) is 0 Å². The van der Waals surface area contributed by atoms with E-state index in [9.17, 15) is 8.78 Å². The maximum absolute atomic E-state index is 12.5. The SMILES string of the molecule is CC.CN1CCC2(C1)CC(F)(F)C2. The summed E-state index contributed by atoms with van der Waals surface area (Å²) in [4.78, 5) is 2.15. The minimum absolute atomic E-state index is 0.00174. The van der Waals surface area contributed by atoms with Crippen LogP contribution in [0.2, 0.25) is 0 Å². The fourth-order valence-electron chi connectivity index (χ4n) is 2.49. The number of likely N-dealkylation sites (tertiary alicyclic amines) is 1. The molecule has 3 heteroatoms. The smallest absolute Gasteiger partial charge is 0.249 e. The van der Waals surface area contributed by atoms with E-state index in [0.717, 1.165) is 19.5 Å². The Hall–Kier alpha value is -0.180. The highest BCUT2D eigenvalue weighted by atomic mass is 19.3. The molecule has 0 aromatic carbocycles. The lowest BCUT2D eigenvalue weighted by atomic mass is 9.65. The molecule has 1 saturated heterocycles. The minimum Gasteiger partial charge on any atom is -0.306 e. The molecule has 0 unspecified atom stereocenters. The monoisotopic (exact) mass is 191 g/mol. The third kappa shape index (κ3) is 2.19. The molecule has 0 bridgehead atoms.